The third kappa shape index (κ3) is 4.95. The minimum absolute atomic E-state index is 0.116. The standard InChI is InChI=1S/C10H15NO4/c1-4-8(11-7(3)12)9(13)5-6(2)10(14)15/h4,6H,5H2,1-3H3,(H,11,12)(H,14,15)/b8-4+. The van der Waals surface area contributed by atoms with Crippen LogP contribution in [-0.2, 0) is 14.4 Å². The van der Waals surface area contributed by atoms with Gasteiger partial charge in [-0.05, 0) is 6.92 Å². The Bertz CT molecular complexity index is 307. The van der Waals surface area contributed by atoms with Gasteiger partial charge in [-0.25, -0.2) is 0 Å². The van der Waals surface area contributed by atoms with Crippen molar-refractivity contribution in [1.82, 2.24) is 5.32 Å². The lowest BCUT2D eigenvalue weighted by molar-refractivity contribution is -0.142. The monoisotopic (exact) mass is 213 g/mol. The Hall–Kier alpha value is -1.65. The molecule has 0 aliphatic carbocycles. The van der Waals surface area contributed by atoms with E-state index >= 15 is 0 Å². The van der Waals surface area contributed by atoms with Gasteiger partial charge in [-0.15, -0.1) is 0 Å². The molecule has 0 bridgehead atoms. The summed E-state index contributed by atoms with van der Waals surface area (Å²) in [6, 6.07) is 0. The number of rotatable bonds is 5. The number of amides is 1. The lowest BCUT2D eigenvalue weighted by Crippen LogP contribution is -2.27. The molecule has 15 heavy (non-hydrogen) atoms. The summed E-state index contributed by atoms with van der Waals surface area (Å²) in [5.41, 5.74) is 0.149. The SMILES string of the molecule is C/C=C(/NC(C)=O)C(=O)CC(C)C(=O)O. The van der Waals surface area contributed by atoms with Crippen molar-refractivity contribution in [2.24, 2.45) is 5.92 Å². The molecule has 1 unspecified atom stereocenters. The van der Waals surface area contributed by atoms with Crippen LogP contribution in [-0.4, -0.2) is 22.8 Å². The van der Waals surface area contributed by atoms with Gasteiger partial charge in [0.05, 0.1) is 11.6 Å². The number of carbonyl (C=O) groups excluding carboxylic acids is 2. The predicted molar refractivity (Wildman–Crippen MR) is 54.0 cm³/mol. The molecule has 5 heteroatoms. The van der Waals surface area contributed by atoms with Gasteiger partial charge in [-0.3, -0.25) is 14.4 Å². The Morgan fingerprint density at radius 2 is 1.93 bits per heavy atom. The van der Waals surface area contributed by atoms with Crippen LogP contribution in [0.4, 0.5) is 0 Å². The maximum atomic E-state index is 11.5. The predicted octanol–water partition coefficient (Wildman–Crippen LogP) is 0.706. The molecule has 0 heterocycles. The van der Waals surface area contributed by atoms with Gasteiger partial charge in [0.2, 0.25) is 5.91 Å². The fourth-order valence-corrected chi connectivity index (χ4v) is 0.968. The Morgan fingerprint density at radius 1 is 1.40 bits per heavy atom. The summed E-state index contributed by atoms with van der Waals surface area (Å²) in [6.45, 7) is 4.34. The van der Waals surface area contributed by atoms with E-state index in [1.165, 1.54) is 19.9 Å². The molecule has 1 atom stereocenters. The van der Waals surface area contributed by atoms with E-state index in [4.69, 9.17) is 5.11 Å². The topological polar surface area (TPSA) is 83.5 Å². The second-order valence-corrected chi connectivity index (χ2v) is 3.25. The summed E-state index contributed by atoms with van der Waals surface area (Å²) >= 11 is 0. The van der Waals surface area contributed by atoms with E-state index < -0.39 is 11.9 Å². The minimum atomic E-state index is -1.03. The fraction of sp³-hybridized carbons (Fsp3) is 0.500. The van der Waals surface area contributed by atoms with E-state index in [0.717, 1.165) is 0 Å². The molecular formula is C10H15NO4. The van der Waals surface area contributed by atoms with Crippen molar-refractivity contribution >= 4 is 17.7 Å². The van der Waals surface area contributed by atoms with Crippen molar-refractivity contribution < 1.29 is 19.5 Å². The number of Topliss-reactive ketones (excluding diaryl/α,β-unsaturated/α-hetero) is 1. The van der Waals surface area contributed by atoms with Crippen molar-refractivity contribution in [3.63, 3.8) is 0 Å². The van der Waals surface area contributed by atoms with Crippen molar-refractivity contribution in [2.45, 2.75) is 27.2 Å². The third-order valence-corrected chi connectivity index (χ3v) is 1.81. The molecule has 0 aromatic carbocycles. The number of carbonyl (C=O) groups is 3. The van der Waals surface area contributed by atoms with E-state index in [1.807, 2.05) is 0 Å². The lowest BCUT2D eigenvalue weighted by Gasteiger charge is -2.08. The largest absolute Gasteiger partial charge is 0.481 e. The van der Waals surface area contributed by atoms with Gasteiger partial charge in [0.1, 0.15) is 0 Å². The average Bonchev–Trinajstić information content (AvgIpc) is 2.13. The molecule has 0 saturated carbocycles. The number of carboxylic acids is 1. The third-order valence-electron chi connectivity index (χ3n) is 1.81. The molecule has 0 fully saturated rings. The molecule has 2 N–H and O–H groups in total. The summed E-state index contributed by atoms with van der Waals surface area (Å²) in [5, 5.41) is 11.0. The molecule has 0 saturated heterocycles. The van der Waals surface area contributed by atoms with Crippen molar-refractivity contribution in [3.8, 4) is 0 Å². The maximum absolute atomic E-state index is 11.5. The van der Waals surface area contributed by atoms with Crippen LogP contribution in [0.25, 0.3) is 0 Å². The molecule has 0 aliphatic heterocycles. The zero-order valence-electron chi connectivity index (χ0n) is 9.03. The van der Waals surface area contributed by atoms with Gasteiger partial charge >= 0.3 is 5.97 Å². The summed E-state index contributed by atoms with van der Waals surface area (Å²) in [6.07, 6.45) is 1.34. The van der Waals surface area contributed by atoms with Crippen molar-refractivity contribution in [2.75, 3.05) is 0 Å². The van der Waals surface area contributed by atoms with Gasteiger partial charge in [-0.1, -0.05) is 13.0 Å². The Labute approximate surface area is 88.2 Å². The van der Waals surface area contributed by atoms with Crippen LogP contribution in [0.2, 0.25) is 0 Å². The van der Waals surface area contributed by atoms with E-state index in [1.54, 1.807) is 6.92 Å². The van der Waals surface area contributed by atoms with Crippen LogP contribution in [0.15, 0.2) is 11.8 Å². The van der Waals surface area contributed by atoms with E-state index in [-0.39, 0.29) is 23.8 Å². The van der Waals surface area contributed by atoms with E-state index in [0.29, 0.717) is 0 Å². The highest BCUT2D eigenvalue weighted by Gasteiger charge is 2.18. The Balaban J connectivity index is 4.42. The number of ketones is 1. The van der Waals surface area contributed by atoms with Gasteiger partial charge in [-0.2, -0.15) is 0 Å². The first kappa shape index (κ1) is 13.4. The Morgan fingerprint density at radius 3 is 2.27 bits per heavy atom. The molecular weight excluding hydrogens is 198 g/mol. The van der Waals surface area contributed by atoms with Crippen LogP contribution in [0.1, 0.15) is 27.2 Å². The highest BCUT2D eigenvalue weighted by molar-refractivity contribution is 5.99. The molecule has 0 aromatic heterocycles. The molecule has 0 rings (SSSR count). The number of carboxylic acid groups (broad SMARTS) is 1. The van der Waals surface area contributed by atoms with E-state index in [9.17, 15) is 14.4 Å². The van der Waals surface area contributed by atoms with Gasteiger partial charge in [0, 0.05) is 13.3 Å². The molecule has 0 aromatic rings. The number of allylic oxidation sites excluding steroid dienone is 2. The summed E-state index contributed by atoms with van der Waals surface area (Å²) in [5.74, 6) is -2.50. The molecule has 84 valence electrons. The fourth-order valence-electron chi connectivity index (χ4n) is 0.968. The van der Waals surface area contributed by atoms with Crippen molar-refractivity contribution in [1.29, 1.82) is 0 Å². The second-order valence-electron chi connectivity index (χ2n) is 3.25. The second kappa shape index (κ2) is 5.95. The van der Waals surface area contributed by atoms with Crippen LogP contribution in [0.3, 0.4) is 0 Å². The highest BCUT2D eigenvalue weighted by atomic mass is 16.4. The van der Waals surface area contributed by atoms with E-state index in [2.05, 4.69) is 5.32 Å². The summed E-state index contributed by atoms with van der Waals surface area (Å²) in [4.78, 5) is 32.7. The minimum Gasteiger partial charge on any atom is -0.481 e. The normalized spacial score (nSPS) is 13.1. The average molecular weight is 213 g/mol. The zero-order valence-corrected chi connectivity index (χ0v) is 9.03. The number of aliphatic carboxylic acids is 1. The Kier molecular flexibility index (Phi) is 5.30. The molecule has 0 spiro atoms. The van der Waals surface area contributed by atoms with Crippen LogP contribution < -0.4 is 5.32 Å². The molecule has 0 aliphatic rings. The van der Waals surface area contributed by atoms with Crippen LogP contribution in [0.5, 0.6) is 0 Å². The highest BCUT2D eigenvalue weighted by Crippen LogP contribution is 2.06. The zero-order chi connectivity index (χ0) is 12.0. The summed E-state index contributed by atoms with van der Waals surface area (Å²) in [7, 11) is 0. The van der Waals surface area contributed by atoms with Crippen molar-refractivity contribution in [3.05, 3.63) is 11.8 Å². The summed E-state index contributed by atoms with van der Waals surface area (Å²) < 4.78 is 0. The number of nitrogens with one attached hydrogen (secondary N) is 1. The van der Waals surface area contributed by atoms with Gasteiger partial charge in [0.15, 0.2) is 5.78 Å². The van der Waals surface area contributed by atoms with Gasteiger partial charge < -0.3 is 10.4 Å². The molecule has 0 radical (unpaired) electrons. The smallest absolute Gasteiger partial charge is 0.306 e. The van der Waals surface area contributed by atoms with Gasteiger partial charge in [0.25, 0.3) is 0 Å². The molecule has 1 amide bonds. The maximum Gasteiger partial charge on any atom is 0.306 e. The first-order valence-electron chi connectivity index (χ1n) is 4.58. The quantitative estimate of drug-likeness (QED) is 0.659. The molecule has 5 nitrogen and oxygen atoms in total. The first-order chi connectivity index (χ1) is 6.88. The lowest BCUT2D eigenvalue weighted by atomic mass is 10.0. The van der Waals surface area contributed by atoms with Crippen LogP contribution in [0, 0.1) is 5.92 Å². The first-order valence-corrected chi connectivity index (χ1v) is 4.58. The van der Waals surface area contributed by atoms with Crippen LogP contribution >= 0.6 is 0 Å². The number of hydrogen-bond donors (Lipinski definition) is 2. The number of hydrogen-bond acceptors (Lipinski definition) is 3.